The highest BCUT2D eigenvalue weighted by atomic mass is 19.1. The molecule has 1 unspecified atom stereocenters. The summed E-state index contributed by atoms with van der Waals surface area (Å²) >= 11 is 0. The molecular formula is C25H33FN4O. The van der Waals surface area contributed by atoms with E-state index in [4.69, 9.17) is 9.72 Å². The SMILES string of the molecule is CCN(c1cc(N2CC3C[C@@H]3C2)ccn1)[C@@H]1CCCN(c2cc(F)cc(COC)c2)C1. The minimum atomic E-state index is -0.197. The van der Waals surface area contributed by atoms with E-state index in [-0.39, 0.29) is 5.82 Å². The maximum atomic E-state index is 14.2. The first kappa shape index (κ1) is 20.6. The number of pyridine rings is 1. The van der Waals surface area contributed by atoms with Crippen molar-refractivity contribution in [2.24, 2.45) is 11.8 Å². The summed E-state index contributed by atoms with van der Waals surface area (Å²) in [5.41, 5.74) is 3.13. The first-order valence-corrected chi connectivity index (χ1v) is 11.7. The first-order valence-electron chi connectivity index (χ1n) is 11.7. The van der Waals surface area contributed by atoms with Crippen molar-refractivity contribution in [3.8, 4) is 0 Å². The molecule has 2 aromatic rings. The number of benzene rings is 1. The molecule has 166 valence electrons. The lowest BCUT2D eigenvalue weighted by Gasteiger charge is -2.41. The Kier molecular flexibility index (Phi) is 5.74. The summed E-state index contributed by atoms with van der Waals surface area (Å²) in [4.78, 5) is 12.0. The highest BCUT2D eigenvalue weighted by molar-refractivity contribution is 5.57. The zero-order valence-corrected chi connectivity index (χ0v) is 18.6. The number of fused-ring (bicyclic) bond motifs is 1. The Balaban J connectivity index is 1.33. The van der Waals surface area contributed by atoms with Crippen LogP contribution in [-0.4, -0.2) is 50.9 Å². The van der Waals surface area contributed by atoms with Gasteiger partial charge in [-0.25, -0.2) is 9.37 Å². The lowest BCUT2D eigenvalue weighted by molar-refractivity contribution is 0.184. The van der Waals surface area contributed by atoms with Crippen LogP contribution in [0.1, 0.15) is 31.7 Å². The van der Waals surface area contributed by atoms with Crippen LogP contribution in [0.2, 0.25) is 0 Å². The average Bonchev–Trinajstić information content (AvgIpc) is 3.39. The van der Waals surface area contributed by atoms with E-state index in [1.54, 1.807) is 19.2 Å². The van der Waals surface area contributed by atoms with E-state index in [1.165, 1.54) is 25.2 Å². The van der Waals surface area contributed by atoms with Crippen LogP contribution < -0.4 is 14.7 Å². The number of anilines is 3. The van der Waals surface area contributed by atoms with Gasteiger partial charge >= 0.3 is 0 Å². The number of likely N-dealkylation sites (N-methyl/N-ethyl adjacent to an activating group) is 1. The number of rotatable bonds is 7. The third kappa shape index (κ3) is 4.36. The second-order valence-electron chi connectivity index (χ2n) is 9.31. The van der Waals surface area contributed by atoms with Crippen molar-refractivity contribution in [1.29, 1.82) is 0 Å². The fourth-order valence-electron chi connectivity index (χ4n) is 5.49. The minimum Gasteiger partial charge on any atom is -0.380 e. The Morgan fingerprint density at radius 3 is 2.71 bits per heavy atom. The number of piperidine rings is 2. The first-order chi connectivity index (χ1) is 15.1. The normalized spacial score (nSPS) is 24.9. The van der Waals surface area contributed by atoms with E-state index in [1.807, 2.05) is 6.20 Å². The molecule has 3 atom stereocenters. The topological polar surface area (TPSA) is 31.8 Å². The molecule has 0 radical (unpaired) electrons. The van der Waals surface area contributed by atoms with Gasteiger partial charge in [-0.2, -0.15) is 0 Å². The number of aromatic nitrogens is 1. The summed E-state index contributed by atoms with van der Waals surface area (Å²) in [6.45, 7) is 7.77. The number of hydrogen-bond acceptors (Lipinski definition) is 5. The third-order valence-electron chi connectivity index (χ3n) is 7.16. The van der Waals surface area contributed by atoms with E-state index in [0.29, 0.717) is 12.6 Å². The Labute approximate surface area is 184 Å². The van der Waals surface area contributed by atoms with Crippen molar-refractivity contribution in [2.75, 3.05) is 54.5 Å². The second kappa shape index (κ2) is 8.65. The molecule has 6 heteroatoms. The van der Waals surface area contributed by atoms with Crippen molar-refractivity contribution >= 4 is 17.2 Å². The summed E-state index contributed by atoms with van der Waals surface area (Å²) < 4.78 is 19.4. The van der Waals surface area contributed by atoms with Gasteiger partial charge in [-0.1, -0.05) is 0 Å². The second-order valence-corrected chi connectivity index (χ2v) is 9.31. The molecule has 0 N–H and O–H groups in total. The zero-order valence-electron chi connectivity index (χ0n) is 18.6. The smallest absolute Gasteiger partial charge is 0.130 e. The minimum absolute atomic E-state index is 0.197. The number of methoxy groups -OCH3 is 1. The van der Waals surface area contributed by atoms with E-state index in [0.717, 1.165) is 61.4 Å². The fraction of sp³-hybridized carbons (Fsp3) is 0.560. The van der Waals surface area contributed by atoms with Crippen LogP contribution in [0.15, 0.2) is 36.5 Å². The van der Waals surface area contributed by atoms with Gasteiger partial charge in [0, 0.05) is 69.5 Å². The van der Waals surface area contributed by atoms with Gasteiger partial charge in [0.25, 0.3) is 0 Å². The third-order valence-corrected chi connectivity index (χ3v) is 7.16. The molecule has 3 fully saturated rings. The summed E-state index contributed by atoms with van der Waals surface area (Å²) in [5.74, 6) is 2.70. The highest BCUT2D eigenvalue weighted by Gasteiger charge is 2.45. The largest absolute Gasteiger partial charge is 0.380 e. The van der Waals surface area contributed by atoms with E-state index in [2.05, 4.69) is 39.8 Å². The van der Waals surface area contributed by atoms with Gasteiger partial charge in [-0.05, 0) is 67.9 Å². The summed E-state index contributed by atoms with van der Waals surface area (Å²) in [5, 5.41) is 0. The maximum absolute atomic E-state index is 14.2. The van der Waals surface area contributed by atoms with Gasteiger partial charge in [0.15, 0.2) is 0 Å². The standard InChI is InChI=1S/C25H33FN4O/c1-3-30(25-13-22(6-7-27-25)29-14-19-11-20(19)15-29)23-5-4-8-28(16-23)24-10-18(17-31-2)9-21(26)12-24/h6-7,9-10,12-13,19-20,23H,3-5,8,11,14-17H2,1-2H3/t19-,20?,23-/m1/s1. The Morgan fingerprint density at radius 2 is 1.94 bits per heavy atom. The Morgan fingerprint density at radius 1 is 1.10 bits per heavy atom. The highest BCUT2D eigenvalue weighted by Crippen LogP contribution is 2.46. The monoisotopic (exact) mass is 424 g/mol. The molecule has 1 aromatic heterocycles. The van der Waals surface area contributed by atoms with Crippen LogP contribution in [-0.2, 0) is 11.3 Å². The quantitative estimate of drug-likeness (QED) is 0.661. The van der Waals surface area contributed by atoms with Crippen molar-refractivity contribution in [2.45, 2.75) is 38.8 Å². The van der Waals surface area contributed by atoms with Crippen LogP contribution in [0.5, 0.6) is 0 Å². The molecule has 0 bridgehead atoms. The molecule has 0 spiro atoms. The summed E-state index contributed by atoms with van der Waals surface area (Å²) in [6, 6.07) is 10.1. The molecule has 1 saturated carbocycles. The number of hydrogen-bond donors (Lipinski definition) is 0. The van der Waals surface area contributed by atoms with Crippen molar-refractivity contribution in [3.05, 3.63) is 47.9 Å². The fourth-order valence-corrected chi connectivity index (χ4v) is 5.49. The van der Waals surface area contributed by atoms with Gasteiger partial charge < -0.3 is 19.4 Å². The van der Waals surface area contributed by atoms with Crippen LogP contribution >= 0.6 is 0 Å². The van der Waals surface area contributed by atoms with Crippen LogP contribution in [0, 0.1) is 17.7 Å². The number of halogens is 1. The Bertz CT molecular complexity index is 912. The predicted molar refractivity (Wildman–Crippen MR) is 123 cm³/mol. The molecule has 2 saturated heterocycles. The van der Waals surface area contributed by atoms with Gasteiger partial charge in [-0.3, -0.25) is 0 Å². The zero-order chi connectivity index (χ0) is 21.4. The number of nitrogens with zero attached hydrogens (tertiary/aromatic N) is 4. The molecular weight excluding hydrogens is 391 g/mol. The van der Waals surface area contributed by atoms with Gasteiger partial charge in [0.05, 0.1) is 6.61 Å². The summed E-state index contributed by atoms with van der Waals surface area (Å²) in [7, 11) is 1.65. The van der Waals surface area contributed by atoms with Crippen LogP contribution in [0.3, 0.4) is 0 Å². The average molecular weight is 425 g/mol. The predicted octanol–water partition coefficient (Wildman–Crippen LogP) is 4.32. The van der Waals surface area contributed by atoms with Crippen molar-refractivity contribution < 1.29 is 9.13 Å². The van der Waals surface area contributed by atoms with E-state index < -0.39 is 0 Å². The molecule has 1 aromatic carbocycles. The van der Waals surface area contributed by atoms with Crippen LogP contribution in [0.4, 0.5) is 21.6 Å². The van der Waals surface area contributed by atoms with E-state index >= 15 is 0 Å². The van der Waals surface area contributed by atoms with Crippen LogP contribution in [0.25, 0.3) is 0 Å². The van der Waals surface area contributed by atoms with E-state index in [9.17, 15) is 4.39 Å². The Hall–Kier alpha value is -2.34. The molecule has 1 aliphatic carbocycles. The molecule has 3 aliphatic rings. The molecule has 2 aliphatic heterocycles. The molecule has 31 heavy (non-hydrogen) atoms. The van der Waals surface area contributed by atoms with Crippen molar-refractivity contribution in [1.82, 2.24) is 4.98 Å². The van der Waals surface area contributed by atoms with Gasteiger partial charge in [0.1, 0.15) is 11.6 Å². The summed E-state index contributed by atoms with van der Waals surface area (Å²) in [6.07, 6.45) is 5.60. The molecule has 5 rings (SSSR count). The molecule has 3 heterocycles. The number of ether oxygens (including phenoxy) is 1. The van der Waals surface area contributed by atoms with Gasteiger partial charge in [-0.15, -0.1) is 0 Å². The van der Waals surface area contributed by atoms with Gasteiger partial charge in [0.2, 0.25) is 0 Å². The lowest BCUT2D eigenvalue weighted by Crippen LogP contribution is -2.48. The lowest BCUT2D eigenvalue weighted by atomic mass is 10.0. The van der Waals surface area contributed by atoms with Crippen molar-refractivity contribution in [3.63, 3.8) is 0 Å². The molecule has 0 amide bonds. The molecule has 5 nitrogen and oxygen atoms in total. The maximum Gasteiger partial charge on any atom is 0.130 e.